The third kappa shape index (κ3) is 6.75. The van der Waals surface area contributed by atoms with Crippen LogP contribution in [0.3, 0.4) is 0 Å². The van der Waals surface area contributed by atoms with E-state index in [1.165, 1.54) is 6.07 Å². The largest absolute Gasteiger partial charge is 0.472 e. The van der Waals surface area contributed by atoms with E-state index in [9.17, 15) is 9.90 Å². The highest BCUT2D eigenvalue weighted by molar-refractivity contribution is 6.90. The minimum Gasteiger partial charge on any atom is -0.472 e. The number of fused-ring (bicyclic) bond motifs is 6. The van der Waals surface area contributed by atoms with E-state index < -0.39 is 37.9 Å². The summed E-state index contributed by atoms with van der Waals surface area (Å²) in [6.45, 7) is 20.0. The van der Waals surface area contributed by atoms with Crippen molar-refractivity contribution in [2.45, 2.75) is 115 Å². The molecule has 2 aromatic carbocycles. The molecule has 0 radical (unpaired) electrons. The van der Waals surface area contributed by atoms with Crippen LogP contribution in [-0.4, -0.2) is 114 Å². The van der Waals surface area contributed by atoms with Gasteiger partial charge in [-0.3, -0.25) is 9.80 Å². The van der Waals surface area contributed by atoms with Crippen molar-refractivity contribution in [1.29, 1.82) is 0 Å². The van der Waals surface area contributed by atoms with Gasteiger partial charge in [0.15, 0.2) is 5.82 Å². The van der Waals surface area contributed by atoms with Gasteiger partial charge in [0.05, 0.1) is 43.5 Å². The Bertz CT molecular complexity index is 2390. The molecule has 1 aliphatic carbocycles. The number of rotatable bonds is 9. The standard InChI is InChI=1S/C46H56F2N6O5Si/c1-26(2)60(27(3)4,28(5)6)22-15-32-34(47)13-11-30-9-8-10-33(36(30)32)39-38(48)40-37-42(51-44(50-40)58-25-46(16-17-46)24-52-18-20-57-21-19-52)53-23-31-12-14-35(54(31)45(55)56)41(53)29(7)59-43(37)49-39/h8-11,13,26-29,31,35,41H,12,14,16-21,23-25H2,1-7H3,(H,55,56). The highest BCUT2D eigenvalue weighted by atomic mass is 28.3. The molecule has 11 nitrogen and oxygen atoms in total. The second-order valence-electron chi connectivity index (χ2n) is 18.7. The lowest BCUT2D eigenvalue weighted by molar-refractivity contribution is 0.0231. The Kier molecular flexibility index (Phi) is 10.5. The molecule has 4 fully saturated rings. The lowest BCUT2D eigenvalue weighted by Gasteiger charge is -2.47. The smallest absolute Gasteiger partial charge is 0.407 e. The summed E-state index contributed by atoms with van der Waals surface area (Å²) in [4.78, 5) is 33.4. The highest BCUT2D eigenvalue weighted by Crippen LogP contribution is 2.49. The molecule has 1 saturated carbocycles. The number of nitrogens with zero attached hydrogens (tertiary/aromatic N) is 6. The van der Waals surface area contributed by atoms with Crippen LogP contribution < -0.4 is 14.4 Å². The number of hydrogen-bond donors (Lipinski definition) is 1. The van der Waals surface area contributed by atoms with Crippen LogP contribution in [0.25, 0.3) is 32.9 Å². The number of ether oxygens (including phenoxy) is 3. The van der Waals surface area contributed by atoms with Crippen LogP contribution in [0.2, 0.25) is 16.6 Å². The zero-order chi connectivity index (χ0) is 42.2. The number of carboxylic acid groups (broad SMARTS) is 1. The number of aromatic nitrogens is 3. The zero-order valence-electron chi connectivity index (χ0n) is 35.7. The van der Waals surface area contributed by atoms with Gasteiger partial charge in [0, 0.05) is 42.5 Å². The molecule has 2 aromatic heterocycles. The number of anilines is 1. The zero-order valence-corrected chi connectivity index (χ0v) is 36.7. The molecule has 5 aliphatic rings. The average Bonchev–Trinajstić information content (AvgIpc) is 3.93. The molecule has 1 N–H and O–H groups in total. The van der Waals surface area contributed by atoms with Gasteiger partial charge in [0.25, 0.3) is 0 Å². The Hall–Kier alpha value is -4.58. The van der Waals surface area contributed by atoms with Gasteiger partial charge in [0.2, 0.25) is 5.88 Å². The summed E-state index contributed by atoms with van der Waals surface area (Å²) in [5.41, 5.74) is 5.14. The summed E-state index contributed by atoms with van der Waals surface area (Å²) in [5.74, 6) is 2.73. The predicted octanol–water partition coefficient (Wildman–Crippen LogP) is 8.66. The van der Waals surface area contributed by atoms with Crippen LogP contribution in [0, 0.1) is 28.5 Å². The number of hydrogen-bond acceptors (Lipinski definition) is 9. The second kappa shape index (κ2) is 15.4. The lowest BCUT2D eigenvalue weighted by atomic mass is 9.96. The highest BCUT2D eigenvalue weighted by Gasteiger charge is 2.53. The Labute approximate surface area is 351 Å². The third-order valence-electron chi connectivity index (χ3n) is 14.3. The maximum atomic E-state index is 17.8. The normalized spacial score (nSPS) is 23.5. The molecule has 3 saturated heterocycles. The van der Waals surface area contributed by atoms with Crippen LogP contribution in [0.15, 0.2) is 30.3 Å². The Morgan fingerprint density at radius 1 is 1.00 bits per heavy atom. The summed E-state index contributed by atoms with van der Waals surface area (Å²) in [5, 5.41) is 11.8. The molecule has 14 heteroatoms. The fourth-order valence-electron chi connectivity index (χ4n) is 11.2. The first-order valence-corrected chi connectivity index (χ1v) is 24.0. The molecule has 4 unspecified atom stereocenters. The fraction of sp³-hybridized carbons (Fsp3) is 0.565. The van der Waals surface area contributed by atoms with Crippen molar-refractivity contribution in [3.8, 4) is 34.6 Å². The van der Waals surface area contributed by atoms with E-state index in [4.69, 9.17) is 29.2 Å². The summed E-state index contributed by atoms with van der Waals surface area (Å²) < 4.78 is 52.8. The van der Waals surface area contributed by atoms with Crippen LogP contribution in [0.5, 0.6) is 11.9 Å². The predicted molar refractivity (Wildman–Crippen MR) is 230 cm³/mol. The van der Waals surface area contributed by atoms with Gasteiger partial charge in [-0.15, -0.1) is 5.54 Å². The van der Waals surface area contributed by atoms with E-state index in [-0.39, 0.29) is 46.2 Å². The van der Waals surface area contributed by atoms with Crippen molar-refractivity contribution in [3.63, 3.8) is 0 Å². The van der Waals surface area contributed by atoms with Crippen LogP contribution in [0.1, 0.15) is 79.7 Å². The van der Waals surface area contributed by atoms with Crippen molar-refractivity contribution in [2.24, 2.45) is 5.41 Å². The minimum absolute atomic E-state index is 0.0132. The van der Waals surface area contributed by atoms with Crippen molar-refractivity contribution >= 4 is 41.7 Å². The molecule has 60 heavy (non-hydrogen) atoms. The average molecular weight is 839 g/mol. The van der Waals surface area contributed by atoms with Crippen molar-refractivity contribution in [2.75, 3.05) is 50.9 Å². The first-order chi connectivity index (χ1) is 28.7. The third-order valence-corrected chi connectivity index (χ3v) is 20.6. The van der Waals surface area contributed by atoms with Gasteiger partial charge in [-0.25, -0.2) is 18.6 Å². The molecule has 0 spiro atoms. The molecule has 2 bridgehead atoms. The quantitative estimate of drug-likeness (QED) is 0.130. The number of benzene rings is 2. The number of amides is 1. The number of piperazine rings is 1. The number of pyridine rings is 1. The Balaban J connectivity index is 1.21. The van der Waals surface area contributed by atoms with E-state index in [1.807, 2.05) is 19.1 Å². The van der Waals surface area contributed by atoms with E-state index in [0.717, 1.165) is 32.5 Å². The van der Waals surface area contributed by atoms with E-state index in [2.05, 4.69) is 62.8 Å². The molecule has 4 aliphatic heterocycles. The van der Waals surface area contributed by atoms with Crippen molar-refractivity contribution in [1.82, 2.24) is 24.8 Å². The molecule has 4 aromatic rings. The van der Waals surface area contributed by atoms with E-state index in [0.29, 0.717) is 83.4 Å². The van der Waals surface area contributed by atoms with Crippen LogP contribution >= 0.6 is 0 Å². The lowest BCUT2D eigenvalue weighted by Crippen LogP contribution is -2.64. The SMILES string of the molecule is CC1Oc2nc(-c3cccc4ccc(F)c(C#C[Si](C(C)C)(C(C)C)C(C)C)c34)c(F)c3nc(OCC4(CN5CCOCC5)CC4)nc(c23)N2CC3CCC(C12)N3C(=O)O. The Morgan fingerprint density at radius 2 is 1.73 bits per heavy atom. The summed E-state index contributed by atoms with van der Waals surface area (Å²) >= 11 is 0. The molecule has 9 rings (SSSR count). The Morgan fingerprint density at radius 3 is 2.42 bits per heavy atom. The van der Waals surface area contributed by atoms with Crippen molar-refractivity contribution in [3.05, 3.63) is 47.5 Å². The first-order valence-electron chi connectivity index (χ1n) is 21.8. The van der Waals surface area contributed by atoms with Gasteiger partial charge in [0.1, 0.15) is 42.4 Å². The summed E-state index contributed by atoms with van der Waals surface area (Å²) in [6.07, 6.45) is 1.85. The summed E-state index contributed by atoms with van der Waals surface area (Å²) in [6, 6.07) is 7.56. The number of morpholine rings is 1. The van der Waals surface area contributed by atoms with Crippen molar-refractivity contribution < 1.29 is 32.9 Å². The number of carbonyl (C=O) groups is 1. The summed E-state index contributed by atoms with van der Waals surface area (Å²) in [7, 11) is -2.28. The minimum atomic E-state index is -2.28. The first kappa shape index (κ1) is 40.8. The molecule has 6 heterocycles. The number of halogens is 2. The maximum absolute atomic E-state index is 17.8. The molecular weight excluding hydrogens is 783 g/mol. The van der Waals surface area contributed by atoms with Gasteiger partial charge in [-0.2, -0.15) is 9.97 Å². The van der Waals surface area contributed by atoms with Crippen LogP contribution in [0.4, 0.5) is 19.4 Å². The molecule has 318 valence electrons. The topological polar surface area (TPSA) is 113 Å². The molecule has 4 atom stereocenters. The van der Waals surface area contributed by atoms with Gasteiger partial charge in [-0.05, 0) is 60.7 Å². The molecule has 1 amide bonds. The van der Waals surface area contributed by atoms with E-state index >= 15 is 8.78 Å². The molecular formula is C46H56F2N6O5Si. The van der Waals surface area contributed by atoms with Crippen LogP contribution in [-0.2, 0) is 4.74 Å². The van der Waals surface area contributed by atoms with Gasteiger partial charge < -0.3 is 24.2 Å². The van der Waals surface area contributed by atoms with E-state index in [1.54, 1.807) is 17.0 Å². The fourth-order valence-corrected chi connectivity index (χ4v) is 16.4. The van der Waals surface area contributed by atoms with Gasteiger partial charge >= 0.3 is 12.1 Å². The second-order valence-corrected chi connectivity index (χ2v) is 24.3. The monoisotopic (exact) mass is 838 g/mol. The maximum Gasteiger partial charge on any atom is 0.407 e. The van der Waals surface area contributed by atoms with Gasteiger partial charge in [-0.1, -0.05) is 71.7 Å².